The van der Waals surface area contributed by atoms with Crippen molar-refractivity contribution < 1.29 is 5.11 Å². The lowest BCUT2D eigenvalue weighted by Gasteiger charge is -2.07. The van der Waals surface area contributed by atoms with Crippen molar-refractivity contribution in [3.63, 3.8) is 0 Å². The normalized spacial score (nSPS) is 17.2. The molecule has 1 aliphatic rings. The summed E-state index contributed by atoms with van der Waals surface area (Å²) in [7, 11) is 1.50. The third kappa shape index (κ3) is 0.977. The van der Waals surface area contributed by atoms with Gasteiger partial charge in [0, 0.05) is 7.05 Å². The molecule has 0 aliphatic carbocycles. The molecule has 6 nitrogen and oxygen atoms in total. The predicted octanol–water partition coefficient (Wildman–Crippen LogP) is -1.09. The summed E-state index contributed by atoms with van der Waals surface area (Å²) < 4.78 is 0. The Kier molecular flexibility index (Phi) is 1.45. The van der Waals surface area contributed by atoms with Gasteiger partial charge in [-0.25, -0.2) is 0 Å². The molecule has 0 saturated carbocycles. The highest BCUT2D eigenvalue weighted by Gasteiger charge is 2.24. The van der Waals surface area contributed by atoms with E-state index in [2.05, 4.69) is 4.99 Å². The van der Waals surface area contributed by atoms with Gasteiger partial charge in [-0.2, -0.15) is 4.99 Å². The standard InChI is InChI=1S/C5H9N5O/c1-10-4(8)2(3(6)7)9-5(10)11/h8H,6-7H2,1H3,(H,9,11). The summed E-state index contributed by atoms with van der Waals surface area (Å²) in [5.41, 5.74) is 10.5. The van der Waals surface area contributed by atoms with Crippen LogP contribution in [-0.2, 0) is 0 Å². The van der Waals surface area contributed by atoms with E-state index in [4.69, 9.17) is 22.0 Å². The van der Waals surface area contributed by atoms with E-state index in [0.29, 0.717) is 0 Å². The molecular formula is C5H9N5O. The summed E-state index contributed by atoms with van der Waals surface area (Å²) in [4.78, 5) is 4.73. The van der Waals surface area contributed by atoms with Crippen molar-refractivity contribution in [1.29, 1.82) is 5.41 Å². The number of nitrogens with zero attached hydrogens (tertiary/aromatic N) is 2. The maximum absolute atomic E-state index is 8.98. The van der Waals surface area contributed by atoms with Crippen molar-refractivity contribution in [2.45, 2.75) is 0 Å². The van der Waals surface area contributed by atoms with Gasteiger partial charge in [0.05, 0.1) is 0 Å². The lowest BCUT2D eigenvalue weighted by Crippen LogP contribution is -2.28. The van der Waals surface area contributed by atoms with Gasteiger partial charge in [0.1, 0.15) is 5.82 Å². The Bertz CT molecular complexity index is 262. The van der Waals surface area contributed by atoms with E-state index in [0.717, 1.165) is 0 Å². The first-order valence-corrected chi connectivity index (χ1v) is 2.89. The second-order valence-corrected chi connectivity index (χ2v) is 2.12. The van der Waals surface area contributed by atoms with Crippen LogP contribution in [0.5, 0.6) is 0 Å². The fourth-order valence-corrected chi connectivity index (χ4v) is 0.688. The number of nitrogens with two attached hydrogens (primary N) is 2. The zero-order valence-corrected chi connectivity index (χ0v) is 6.00. The van der Waals surface area contributed by atoms with Gasteiger partial charge in [0.25, 0.3) is 6.02 Å². The van der Waals surface area contributed by atoms with Gasteiger partial charge in [0.15, 0.2) is 11.5 Å². The highest BCUT2D eigenvalue weighted by Crippen LogP contribution is 2.11. The Morgan fingerprint density at radius 2 is 2.18 bits per heavy atom. The molecule has 1 rings (SSSR count). The van der Waals surface area contributed by atoms with Crippen LogP contribution in [0.2, 0.25) is 0 Å². The van der Waals surface area contributed by atoms with Crippen LogP contribution in [-0.4, -0.2) is 28.9 Å². The summed E-state index contributed by atoms with van der Waals surface area (Å²) in [5.74, 6) is -0.0617. The van der Waals surface area contributed by atoms with Crippen molar-refractivity contribution in [2.24, 2.45) is 16.5 Å². The number of aliphatic imine (C=N–C) groups is 1. The number of likely N-dealkylation sites (N-methyl/N-ethyl adjacent to an activating group) is 1. The molecule has 0 amide bonds. The van der Waals surface area contributed by atoms with E-state index in [1.807, 2.05) is 0 Å². The molecule has 0 fully saturated rings. The van der Waals surface area contributed by atoms with E-state index < -0.39 is 0 Å². The van der Waals surface area contributed by atoms with Crippen LogP contribution in [0.3, 0.4) is 0 Å². The molecule has 6 N–H and O–H groups in total. The first kappa shape index (κ1) is 7.39. The molecule has 0 saturated heterocycles. The summed E-state index contributed by atoms with van der Waals surface area (Å²) >= 11 is 0. The number of amidine groups is 2. The number of nitrogens with one attached hydrogen (secondary N) is 1. The maximum atomic E-state index is 8.98. The van der Waals surface area contributed by atoms with E-state index in [1.165, 1.54) is 11.9 Å². The van der Waals surface area contributed by atoms with Gasteiger partial charge in [0.2, 0.25) is 0 Å². The Balaban J connectivity index is 3.09. The third-order valence-corrected chi connectivity index (χ3v) is 1.34. The molecule has 0 atom stereocenters. The van der Waals surface area contributed by atoms with Gasteiger partial charge in [-0.15, -0.1) is 0 Å². The molecule has 60 valence electrons. The number of hydrogen-bond donors (Lipinski definition) is 4. The minimum atomic E-state index is -0.265. The molecule has 11 heavy (non-hydrogen) atoms. The second-order valence-electron chi connectivity index (χ2n) is 2.12. The second kappa shape index (κ2) is 2.15. The Labute approximate surface area is 63.3 Å². The molecule has 0 aromatic heterocycles. The monoisotopic (exact) mass is 155 g/mol. The van der Waals surface area contributed by atoms with Crippen molar-refractivity contribution in [2.75, 3.05) is 7.05 Å². The van der Waals surface area contributed by atoms with Gasteiger partial charge < -0.3 is 16.6 Å². The van der Waals surface area contributed by atoms with Crippen molar-refractivity contribution >= 4 is 11.9 Å². The van der Waals surface area contributed by atoms with Crippen LogP contribution in [0.1, 0.15) is 0 Å². The summed E-state index contributed by atoms with van der Waals surface area (Å²) in [6.07, 6.45) is 0. The molecule has 1 aliphatic heterocycles. The van der Waals surface area contributed by atoms with Crippen molar-refractivity contribution in [3.05, 3.63) is 11.5 Å². The highest BCUT2D eigenvalue weighted by atomic mass is 16.3. The highest BCUT2D eigenvalue weighted by molar-refractivity contribution is 6.10. The minimum absolute atomic E-state index is 0.00231. The largest absolute Gasteiger partial charge is 0.480 e. The quantitative estimate of drug-likeness (QED) is 0.356. The van der Waals surface area contributed by atoms with Crippen LogP contribution in [0.4, 0.5) is 0 Å². The van der Waals surface area contributed by atoms with Crippen LogP contribution in [0.25, 0.3) is 0 Å². The summed E-state index contributed by atoms with van der Waals surface area (Å²) in [6, 6.07) is -0.265. The van der Waals surface area contributed by atoms with E-state index in [9.17, 15) is 0 Å². The average molecular weight is 155 g/mol. The van der Waals surface area contributed by atoms with Gasteiger partial charge in [-0.05, 0) is 0 Å². The molecule has 0 bridgehead atoms. The lowest BCUT2D eigenvalue weighted by molar-refractivity contribution is 0.471. The molecule has 0 aromatic rings. The van der Waals surface area contributed by atoms with Gasteiger partial charge >= 0.3 is 0 Å². The fraction of sp³-hybridized carbons (Fsp3) is 0.200. The van der Waals surface area contributed by atoms with Gasteiger partial charge in [-0.3, -0.25) is 10.3 Å². The molecule has 0 radical (unpaired) electrons. The number of hydrogen-bond acceptors (Lipinski definition) is 4. The summed E-state index contributed by atoms with van der Waals surface area (Å²) in [5, 5.41) is 16.3. The minimum Gasteiger partial charge on any atom is -0.480 e. The smallest absolute Gasteiger partial charge is 0.295 e. The molecule has 6 heteroatoms. The zero-order valence-electron chi connectivity index (χ0n) is 6.00. The Hall–Kier alpha value is -1.72. The molecule has 1 heterocycles. The van der Waals surface area contributed by atoms with Crippen LogP contribution >= 0.6 is 0 Å². The van der Waals surface area contributed by atoms with Gasteiger partial charge in [-0.1, -0.05) is 0 Å². The Morgan fingerprint density at radius 1 is 1.64 bits per heavy atom. The van der Waals surface area contributed by atoms with E-state index in [-0.39, 0.29) is 23.4 Å². The van der Waals surface area contributed by atoms with Crippen LogP contribution < -0.4 is 11.5 Å². The van der Waals surface area contributed by atoms with Crippen molar-refractivity contribution in [3.8, 4) is 0 Å². The molecule has 0 spiro atoms. The summed E-state index contributed by atoms with van der Waals surface area (Å²) in [6.45, 7) is 0. The topological polar surface area (TPSA) is 112 Å². The molecular weight excluding hydrogens is 146 g/mol. The first-order valence-electron chi connectivity index (χ1n) is 2.89. The third-order valence-electron chi connectivity index (χ3n) is 1.34. The van der Waals surface area contributed by atoms with E-state index in [1.54, 1.807) is 0 Å². The Morgan fingerprint density at radius 3 is 2.36 bits per heavy atom. The number of aliphatic hydroxyl groups is 1. The van der Waals surface area contributed by atoms with E-state index >= 15 is 0 Å². The SMILES string of the molecule is CN1C(=N)C(=C(N)N)N=C1O. The predicted molar refractivity (Wildman–Crippen MR) is 41.0 cm³/mol. The fourth-order valence-electron chi connectivity index (χ4n) is 0.688. The van der Waals surface area contributed by atoms with Crippen molar-refractivity contribution in [1.82, 2.24) is 4.90 Å². The maximum Gasteiger partial charge on any atom is 0.295 e. The first-order chi connectivity index (χ1) is 5.04. The van der Waals surface area contributed by atoms with Crippen LogP contribution in [0, 0.1) is 5.41 Å². The average Bonchev–Trinajstić information content (AvgIpc) is 2.17. The molecule has 0 unspecified atom stereocenters. The number of rotatable bonds is 0. The lowest BCUT2D eigenvalue weighted by atomic mass is 10.4. The van der Waals surface area contributed by atoms with Crippen LogP contribution in [0.15, 0.2) is 16.5 Å². The number of aliphatic hydroxyl groups excluding tert-OH is 1. The zero-order chi connectivity index (χ0) is 8.59. The molecule has 0 aromatic carbocycles.